The highest BCUT2D eigenvalue weighted by atomic mass is 16.6. The molecule has 0 aromatic heterocycles. The molecule has 0 fully saturated rings. The van der Waals surface area contributed by atoms with Crippen LogP contribution in [0.3, 0.4) is 0 Å². The predicted molar refractivity (Wildman–Crippen MR) is 52.5 cm³/mol. The molecule has 0 heterocycles. The summed E-state index contributed by atoms with van der Waals surface area (Å²) in [6.45, 7) is 5.05. The molecular weight excluding hydrogens is 168 g/mol. The van der Waals surface area contributed by atoms with Gasteiger partial charge in [-0.3, -0.25) is 0 Å². The summed E-state index contributed by atoms with van der Waals surface area (Å²) in [6, 6.07) is 0. The Hall–Kier alpha value is -0.770. The summed E-state index contributed by atoms with van der Waals surface area (Å²) in [5.41, 5.74) is 5.32. The average molecular weight is 188 g/mol. The molecule has 0 radical (unpaired) electrons. The molecule has 0 spiro atoms. The molecule has 78 valence electrons. The minimum Gasteiger partial charge on any atom is -0.447 e. The van der Waals surface area contributed by atoms with Crippen molar-refractivity contribution in [3.8, 4) is 0 Å². The van der Waals surface area contributed by atoms with Crippen molar-refractivity contribution in [1.82, 2.24) is 5.32 Å². The maximum atomic E-state index is 10.9. The highest BCUT2D eigenvalue weighted by Gasteiger charge is 2.02. The van der Waals surface area contributed by atoms with E-state index in [4.69, 9.17) is 10.5 Å². The largest absolute Gasteiger partial charge is 0.447 e. The summed E-state index contributed by atoms with van der Waals surface area (Å²) in [7, 11) is 0. The number of amides is 1. The van der Waals surface area contributed by atoms with Gasteiger partial charge in [0.25, 0.3) is 0 Å². The molecule has 0 bridgehead atoms. The fourth-order valence-electron chi connectivity index (χ4n) is 0.892. The number of carbonyl (C=O) groups is 1. The number of alkyl carbamates (subject to hydrolysis) is 1. The van der Waals surface area contributed by atoms with Gasteiger partial charge in [-0.1, -0.05) is 6.42 Å². The Bertz CT molecular complexity index is 138. The first-order chi connectivity index (χ1) is 6.16. The Balaban J connectivity index is 3.17. The smallest absolute Gasteiger partial charge is 0.407 e. The SMILES string of the molecule is CC(C)OC(=O)NCCCCCN. The fraction of sp³-hybridized carbons (Fsp3) is 0.889. The minimum atomic E-state index is -0.331. The molecular formula is C9H20N2O2. The van der Waals surface area contributed by atoms with Crippen LogP contribution >= 0.6 is 0 Å². The molecule has 0 rings (SSSR count). The van der Waals surface area contributed by atoms with Crippen LogP contribution in [0.1, 0.15) is 33.1 Å². The molecule has 0 aliphatic heterocycles. The van der Waals surface area contributed by atoms with E-state index in [0.29, 0.717) is 6.54 Å². The van der Waals surface area contributed by atoms with E-state index in [1.165, 1.54) is 0 Å². The fourth-order valence-corrected chi connectivity index (χ4v) is 0.892. The van der Waals surface area contributed by atoms with Crippen LogP contribution < -0.4 is 11.1 Å². The number of rotatable bonds is 6. The highest BCUT2D eigenvalue weighted by molar-refractivity contribution is 5.67. The van der Waals surface area contributed by atoms with Crippen molar-refractivity contribution in [3.05, 3.63) is 0 Å². The summed E-state index contributed by atoms with van der Waals surface area (Å²) in [5, 5.41) is 2.67. The maximum Gasteiger partial charge on any atom is 0.407 e. The molecule has 0 aromatic carbocycles. The zero-order valence-corrected chi connectivity index (χ0v) is 8.51. The van der Waals surface area contributed by atoms with Gasteiger partial charge in [-0.05, 0) is 33.2 Å². The lowest BCUT2D eigenvalue weighted by molar-refractivity contribution is 0.115. The Kier molecular flexibility index (Phi) is 7.39. The van der Waals surface area contributed by atoms with Crippen molar-refractivity contribution in [1.29, 1.82) is 0 Å². The summed E-state index contributed by atoms with van der Waals surface area (Å²) < 4.78 is 4.88. The van der Waals surface area contributed by atoms with Gasteiger partial charge in [0.1, 0.15) is 0 Å². The second kappa shape index (κ2) is 7.86. The third-order valence-electron chi connectivity index (χ3n) is 1.49. The Labute approximate surface area is 79.8 Å². The second-order valence-corrected chi connectivity index (χ2v) is 3.23. The first-order valence-corrected chi connectivity index (χ1v) is 4.81. The van der Waals surface area contributed by atoms with E-state index in [2.05, 4.69) is 5.32 Å². The lowest BCUT2D eigenvalue weighted by atomic mass is 10.2. The summed E-state index contributed by atoms with van der Waals surface area (Å²) >= 11 is 0. The van der Waals surface area contributed by atoms with Crippen LogP contribution in [0.25, 0.3) is 0 Å². The van der Waals surface area contributed by atoms with Crippen molar-refractivity contribution < 1.29 is 9.53 Å². The zero-order chi connectivity index (χ0) is 10.1. The van der Waals surface area contributed by atoms with Gasteiger partial charge >= 0.3 is 6.09 Å². The van der Waals surface area contributed by atoms with Crippen LogP contribution in [-0.2, 0) is 4.74 Å². The number of hydrogen-bond donors (Lipinski definition) is 2. The van der Waals surface area contributed by atoms with Crippen LogP contribution in [0.15, 0.2) is 0 Å². The Morgan fingerprint density at radius 1 is 1.38 bits per heavy atom. The van der Waals surface area contributed by atoms with Crippen LogP contribution in [0.2, 0.25) is 0 Å². The van der Waals surface area contributed by atoms with E-state index >= 15 is 0 Å². The predicted octanol–water partition coefficient (Wildman–Crippen LogP) is 1.25. The lowest BCUT2D eigenvalue weighted by Gasteiger charge is -2.08. The quantitative estimate of drug-likeness (QED) is 0.616. The van der Waals surface area contributed by atoms with Crippen molar-refractivity contribution in [3.63, 3.8) is 0 Å². The standard InChI is InChI=1S/C9H20N2O2/c1-8(2)13-9(12)11-7-5-3-4-6-10/h8H,3-7,10H2,1-2H3,(H,11,12). The molecule has 0 aromatic rings. The van der Waals surface area contributed by atoms with Gasteiger partial charge in [0.15, 0.2) is 0 Å². The van der Waals surface area contributed by atoms with E-state index in [1.807, 2.05) is 13.8 Å². The number of carbonyl (C=O) groups excluding carboxylic acids is 1. The highest BCUT2D eigenvalue weighted by Crippen LogP contribution is 1.92. The average Bonchev–Trinajstić information content (AvgIpc) is 2.02. The second-order valence-electron chi connectivity index (χ2n) is 3.23. The van der Waals surface area contributed by atoms with Crippen molar-refractivity contribution in [2.24, 2.45) is 5.73 Å². The van der Waals surface area contributed by atoms with E-state index < -0.39 is 0 Å². The monoisotopic (exact) mass is 188 g/mol. The van der Waals surface area contributed by atoms with Gasteiger partial charge in [-0.2, -0.15) is 0 Å². The molecule has 0 atom stereocenters. The number of hydrogen-bond acceptors (Lipinski definition) is 3. The van der Waals surface area contributed by atoms with Crippen LogP contribution in [-0.4, -0.2) is 25.3 Å². The van der Waals surface area contributed by atoms with Gasteiger partial charge in [0.05, 0.1) is 6.10 Å². The van der Waals surface area contributed by atoms with Crippen molar-refractivity contribution in [2.45, 2.75) is 39.2 Å². The lowest BCUT2D eigenvalue weighted by Crippen LogP contribution is -2.27. The van der Waals surface area contributed by atoms with E-state index in [1.54, 1.807) is 0 Å². The number of ether oxygens (including phenoxy) is 1. The molecule has 0 aliphatic rings. The topological polar surface area (TPSA) is 64.3 Å². The Morgan fingerprint density at radius 3 is 2.62 bits per heavy atom. The van der Waals surface area contributed by atoms with Crippen LogP contribution in [0.5, 0.6) is 0 Å². The van der Waals surface area contributed by atoms with Gasteiger partial charge in [0.2, 0.25) is 0 Å². The molecule has 0 unspecified atom stereocenters. The molecule has 0 saturated heterocycles. The first kappa shape index (κ1) is 12.2. The zero-order valence-electron chi connectivity index (χ0n) is 8.51. The van der Waals surface area contributed by atoms with Crippen LogP contribution in [0, 0.1) is 0 Å². The minimum absolute atomic E-state index is 0.0518. The van der Waals surface area contributed by atoms with Gasteiger partial charge in [0, 0.05) is 6.54 Å². The molecule has 13 heavy (non-hydrogen) atoms. The van der Waals surface area contributed by atoms with Gasteiger partial charge in [-0.25, -0.2) is 4.79 Å². The maximum absolute atomic E-state index is 10.9. The van der Waals surface area contributed by atoms with Crippen molar-refractivity contribution in [2.75, 3.05) is 13.1 Å². The molecule has 0 aliphatic carbocycles. The molecule has 0 saturated carbocycles. The van der Waals surface area contributed by atoms with E-state index in [0.717, 1.165) is 25.8 Å². The number of nitrogens with one attached hydrogen (secondary N) is 1. The summed E-state index contributed by atoms with van der Waals surface area (Å²) in [4.78, 5) is 10.9. The molecule has 1 amide bonds. The summed E-state index contributed by atoms with van der Waals surface area (Å²) in [5.74, 6) is 0. The molecule has 4 heteroatoms. The third kappa shape index (κ3) is 9.14. The van der Waals surface area contributed by atoms with Gasteiger partial charge in [-0.15, -0.1) is 0 Å². The first-order valence-electron chi connectivity index (χ1n) is 4.81. The molecule has 3 N–H and O–H groups in total. The summed E-state index contributed by atoms with van der Waals surface area (Å²) in [6.07, 6.45) is 2.65. The third-order valence-corrected chi connectivity index (χ3v) is 1.49. The number of unbranched alkanes of at least 4 members (excludes halogenated alkanes) is 2. The van der Waals surface area contributed by atoms with Crippen LogP contribution in [0.4, 0.5) is 4.79 Å². The Morgan fingerprint density at radius 2 is 2.08 bits per heavy atom. The van der Waals surface area contributed by atoms with Gasteiger partial charge < -0.3 is 15.8 Å². The van der Waals surface area contributed by atoms with Crippen molar-refractivity contribution >= 4 is 6.09 Å². The molecule has 4 nitrogen and oxygen atoms in total. The van der Waals surface area contributed by atoms with E-state index in [9.17, 15) is 4.79 Å². The number of nitrogens with two attached hydrogens (primary N) is 1. The van der Waals surface area contributed by atoms with E-state index in [-0.39, 0.29) is 12.2 Å². The normalized spacial score (nSPS) is 10.2.